The second-order valence-electron chi connectivity index (χ2n) is 3.38. The van der Waals surface area contributed by atoms with Gasteiger partial charge < -0.3 is 5.73 Å². The molecule has 16 heavy (non-hydrogen) atoms. The fraction of sp³-hybridized carbons (Fsp3) is 0.667. The van der Waals surface area contributed by atoms with Gasteiger partial charge in [0.2, 0.25) is 10.0 Å². The highest BCUT2D eigenvalue weighted by Crippen LogP contribution is 2.03. The molecule has 1 aromatic heterocycles. The van der Waals surface area contributed by atoms with Crippen molar-refractivity contribution in [1.29, 1.82) is 0 Å². The molecule has 1 rings (SSSR count). The van der Waals surface area contributed by atoms with Crippen molar-refractivity contribution in [3.05, 3.63) is 16.6 Å². The van der Waals surface area contributed by atoms with Gasteiger partial charge in [-0.05, 0) is 19.4 Å². The number of hydrogen-bond donors (Lipinski definition) is 2. The highest BCUT2D eigenvalue weighted by molar-refractivity contribution is 7.89. The zero-order valence-corrected chi connectivity index (χ0v) is 10.7. The topological polar surface area (TPSA) is 85.1 Å². The van der Waals surface area contributed by atoms with Crippen molar-refractivity contribution in [2.24, 2.45) is 5.73 Å². The monoisotopic (exact) mass is 263 g/mol. The maximum Gasteiger partial charge on any atom is 0.211 e. The average molecular weight is 263 g/mol. The van der Waals surface area contributed by atoms with Gasteiger partial charge in [0.25, 0.3) is 0 Å². The summed E-state index contributed by atoms with van der Waals surface area (Å²) in [5.41, 5.74) is 5.30. The quantitative estimate of drug-likeness (QED) is 0.663. The van der Waals surface area contributed by atoms with E-state index in [0.29, 0.717) is 25.9 Å². The standard InChI is InChI=1S/C9H17N3O2S2/c10-4-1-2-8-16(13,14)12-5-3-9-11-6-7-15-9/h6-7,12H,1-5,8,10H2. The fourth-order valence-electron chi connectivity index (χ4n) is 1.20. The minimum Gasteiger partial charge on any atom is -0.330 e. The maximum atomic E-state index is 11.5. The molecule has 0 saturated heterocycles. The second-order valence-corrected chi connectivity index (χ2v) is 6.29. The van der Waals surface area contributed by atoms with Crippen LogP contribution >= 0.6 is 11.3 Å². The molecule has 92 valence electrons. The summed E-state index contributed by atoms with van der Waals surface area (Å²) in [6, 6.07) is 0. The predicted octanol–water partition coefficient (Wildman–Crippen LogP) is 0.344. The third kappa shape index (κ3) is 5.55. The lowest BCUT2D eigenvalue weighted by Crippen LogP contribution is -2.28. The van der Waals surface area contributed by atoms with Crippen LogP contribution in [0.3, 0.4) is 0 Å². The lowest BCUT2D eigenvalue weighted by Gasteiger charge is -2.04. The third-order valence-corrected chi connectivity index (χ3v) is 4.32. The van der Waals surface area contributed by atoms with Gasteiger partial charge in [-0.1, -0.05) is 0 Å². The Morgan fingerprint density at radius 1 is 1.44 bits per heavy atom. The molecule has 7 heteroatoms. The Kier molecular flexibility index (Phi) is 5.89. The molecule has 0 unspecified atom stereocenters. The number of aromatic nitrogens is 1. The zero-order chi connectivity index (χ0) is 11.9. The van der Waals surface area contributed by atoms with Gasteiger partial charge in [-0.3, -0.25) is 0 Å². The molecule has 3 N–H and O–H groups in total. The molecule has 1 aromatic rings. The molecule has 5 nitrogen and oxygen atoms in total. The number of nitrogens with one attached hydrogen (secondary N) is 1. The number of hydrogen-bond acceptors (Lipinski definition) is 5. The van der Waals surface area contributed by atoms with Gasteiger partial charge in [0.15, 0.2) is 0 Å². The molecule has 0 amide bonds. The van der Waals surface area contributed by atoms with Crippen molar-refractivity contribution >= 4 is 21.4 Å². The molecule has 0 spiro atoms. The van der Waals surface area contributed by atoms with Gasteiger partial charge in [-0.15, -0.1) is 11.3 Å². The van der Waals surface area contributed by atoms with Crippen LogP contribution in [0.15, 0.2) is 11.6 Å². The third-order valence-electron chi connectivity index (χ3n) is 2.01. The Labute approximate surface area is 100 Å². The minimum atomic E-state index is -3.14. The van der Waals surface area contributed by atoms with Gasteiger partial charge in [0, 0.05) is 24.5 Å². The Morgan fingerprint density at radius 3 is 2.88 bits per heavy atom. The lowest BCUT2D eigenvalue weighted by atomic mass is 10.3. The van der Waals surface area contributed by atoms with Crippen LogP contribution in [0.25, 0.3) is 0 Å². The first-order valence-electron chi connectivity index (χ1n) is 5.20. The van der Waals surface area contributed by atoms with Crippen LogP contribution in [0.2, 0.25) is 0 Å². The normalized spacial score (nSPS) is 11.8. The molecule has 0 radical (unpaired) electrons. The van der Waals surface area contributed by atoms with Crippen molar-refractivity contribution in [2.75, 3.05) is 18.8 Å². The van der Waals surface area contributed by atoms with Crippen LogP contribution in [0.5, 0.6) is 0 Å². The van der Waals surface area contributed by atoms with Crippen LogP contribution in [0.4, 0.5) is 0 Å². The van der Waals surface area contributed by atoms with E-state index in [1.54, 1.807) is 6.20 Å². The van der Waals surface area contributed by atoms with Gasteiger partial charge in [-0.2, -0.15) is 0 Å². The Morgan fingerprint density at radius 2 is 2.25 bits per heavy atom. The van der Waals surface area contributed by atoms with Crippen LogP contribution in [0, 0.1) is 0 Å². The SMILES string of the molecule is NCCCCS(=O)(=O)NCCc1nccs1. The smallest absolute Gasteiger partial charge is 0.211 e. The first-order chi connectivity index (χ1) is 7.64. The summed E-state index contributed by atoms with van der Waals surface area (Å²) in [5, 5.41) is 2.83. The van der Waals surface area contributed by atoms with E-state index in [1.807, 2.05) is 5.38 Å². The first kappa shape index (κ1) is 13.6. The number of sulfonamides is 1. The second kappa shape index (κ2) is 6.95. The number of rotatable bonds is 8. The summed E-state index contributed by atoms with van der Waals surface area (Å²) in [4.78, 5) is 4.08. The molecule has 0 bridgehead atoms. The molecule has 0 aromatic carbocycles. The summed E-state index contributed by atoms with van der Waals surface area (Å²) in [6.07, 6.45) is 3.72. The van der Waals surface area contributed by atoms with E-state index in [0.717, 1.165) is 11.4 Å². The van der Waals surface area contributed by atoms with Crippen molar-refractivity contribution in [3.8, 4) is 0 Å². The Balaban J connectivity index is 2.20. The fourth-order valence-corrected chi connectivity index (χ4v) is 2.96. The number of nitrogens with two attached hydrogens (primary N) is 1. The maximum absolute atomic E-state index is 11.5. The van der Waals surface area contributed by atoms with E-state index in [1.165, 1.54) is 11.3 Å². The van der Waals surface area contributed by atoms with Crippen molar-refractivity contribution in [2.45, 2.75) is 19.3 Å². The summed E-state index contributed by atoms with van der Waals surface area (Å²) in [6.45, 7) is 0.951. The number of nitrogens with zero attached hydrogens (tertiary/aromatic N) is 1. The summed E-state index contributed by atoms with van der Waals surface area (Å²) >= 11 is 1.53. The largest absolute Gasteiger partial charge is 0.330 e. The molecule has 1 heterocycles. The number of thiazole rings is 1. The summed E-state index contributed by atoms with van der Waals surface area (Å²) in [7, 11) is -3.14. The summed E-state index contributed by atoms with van der Waals surface area (Å²) < 4.78 is 25.5. The molecule has 0 atom stereocenters. The van der Waals surface area contributed by atoms with Crippen LogP contribution in [-0.2, 0) is 16.4 Å². The molecule has 0 fully saturated rings. The van der Waals surface area contributed by atoms with E-state index < -0.39 is 10.0 Å². The minimum absolute atomic E-state index is 0.155. The molecule has 0 aliphatic heterocycles. The van der Waals surface area contributed by atoms with Crippen molar-refractivity contribution in [3.63, 3.8) is 0 Å². The van der Waals surface area contributed by atoms with Gasteiger partial charge in [0.05, 0.1) is 10.8 Å². The molecular formula is C9H17N3O2S2. The predicted molar refractivity (Wildman–Crippen MR) is 65.9 cm³/mol. The Bertz CT molecular complexity index is 375. The molecule has 0 aliphatic rings. The highest BCUT2D eigenvalue weighted by Gasteiger charge is 2.08. The number of unbranched alkanes of at least 4 members (excludes halogenated alkanes) is 1. The molecule has 0 saturated carbocycles. The average Bonchev–Trinajstić information content (AvgIpc) is 2.70. The Hall–Kier alpha value is -0.500. The van der Waals surface area contributed by atoms with Crippen LogP contribution < -0.4 is 10.5 Å². The van der Waals surface area contributed by atoms with E-state index in [2.05, 4.69) is 9.71 Å². The van der Waals surface area contributed by atoms with Crippen LogP contribution in [-0.4, -0.2) is 32.2 Å². The lowest BCUT2D eigenvalue weighted by molar-refractivity contribution is 0.577. The van der Waals surface area contributed by atoms with E-state index in [-0.39, 0.29) is 5.75 Å². The van der Waals surface area contributed by atoms with Gasteiger partial charge in [0.1, 0.15) is 0 Å². The summed E-state index contributed by atoms with van der Waals surface area (Å²) in [5.74, 6) is 0.155. The molecule has 0 aliphatic carbocycles. The van der Waals surface area contributed by atoms with E-state index >= 15 is 0 Å². The van der Waals surface area contributed by atoms with Crippen LogP contribution in [0.1, 0.15) is 17.8 Å². The van der Waals surface area contributed by atoms with E-state index in [9.17, 15) is 8.42 Å². The van der Waals surface area contributed by atoms with Crippen molar-refractivity contribution in [1.82, 2.24) is 9.71 Å². The van der Waals surface area contributed by atoms with E-state index in [4.69, 9.17) is 5.73 Å². The molecular weight excluding hydrogens is 246 g/mol. The zero-order valence-electron chi connectivity index (χ0n) is 9.05. The van der Waals surface area contributed by atoms with Gasteiger partial charge >= 0.3 is 0 Å². The van der Waals surface area contributed by atoms with Crippen molar-refractivity contribution < 1.29 is 8.42 Å². The van der Waals surface area contributed by atoms with Gasteiger partial charge in [-0.25, -0.2) is 18.1 Å². The highest BCUT2D eigenvalue weighted by atomic mass is 32.2. The first-order valence-corrected chi connectivity index (χ1v) is 7.73.